The average Bonchev–Trinajstić information content (AvgIpc) is 3.23. The molecule has 2 heterocycles. The lowest BCUT2D eigenvalue weighted by atomic mass is 9.88. The van der Waals surface area contributed by atoms with Crippen LogP contribution >= 0.6 is 23.1 Å². The highest BCUT2D eigenvalue weighted by Crippen LogP contribution is 2.37. The summed E-state index contributed by atoms with van der Waals surface area (Å²) in [7, 11) is 0. The van der Waals surface area contributed by atoms with Crippen LogP contribution in [0.5, 0.6) is 0 Å². The second kappa shape index (κ2) is 8.58. The number of carbonyl (C=O) groups excluding carboxylic acids is 1. The number of nitrogens with one attached hydrogen (secondary N) is 1. The molecule has 4 nitrogen and oxygen atoms in total. The van der Waals surface area contributed by atoms with Crippen molar-refractivity contribution in [2.45, 2.75) is 30.3 Å². The number of carbonyl (C=O) groups is 1. The third kappa shape index (κ3) is 3.85. The van der Waals surface area contributed by atoms with Crippen molar-refractivity contribution in [1.29, 1.82) is 0 Å². The van der Waals surface area contributed by atoms with E-state index in [0.29, 0.717) is 5.75 Å². The Labute approximate surface area is 183 Å². The van der Waals surface area contributed by atoms with Crippen LogP contribution in [0.4, 0.5) is 0 Å². The second-order valence-electron chi connectivity index (χ2n) is 7.37. The Kier molecular flexibility index (Phi) is 5.51. The SMILES string of the molecule is O=C(CSc1ncnc2scc(-c3ccccc3)c12)NC1CCCc2ccccc21. The monoisotopic (exact) mass is 431 g/mol. The molecule has 0 radical (unpaired) electrons. The lowest BCUT2D eigenvalue weighted by Gasteiger charge is -2.26. The van der Waals surface area contributed by atoms with Crippen LogP contribution < -0.4 is 5.32 Å². The molecule has 1 unspecified atom stereocenters. The zero-order valence-electron chi connectivity index (χ0n) is 16.4. The number of aromatic nitrogens is 2. The lowest BCUT2D eigenvalue weighted by molar-refractivity contribution is -0.119. The summed E-state index contributed by atoms with van der Waals surface area (Å²) >= 11 is 3.10. The molecule has 0 saturated heterocycles. The van der Waals surface area contributed by atoms with Gasteiger partial charge in [-0.25, -0.2) is 9.97 Å². The van der Waals surface area contributed by atoms with Gasteiger partial charge in [-0.05, 0) is 36.0 Å². The maximum Gasteiger partial charge on any atom is 0.230 e. The van der Waals surface area contributed by atoms with E-state index in [9.17, 15) is 4.79 Å². The highest BCUT2D eigenvalue weighted by Gasteiger charge is 2.22. The van der Waals surface area contributed by atoms with Crippen molar-refractivity contribution in [3.63, 3.8) is 0 Å². The topological polar surface area (TPSA) is 54.9 Å². The van der Waals surface area contributed by atoms with Crippen molar-refractivity contribution in [1.82, 2.24) is 15.3 Å². The molecule has 1 aliphatic rings. The molecule has 0 spiro atoms. The number of thiophene rings is 1. The fraction of sp³-hybridized carbons (Fsp3) is 0.208. The van der Waals surface area contributed by atoms with E-state index in [4.69, 9.17) is 0 Å². The molecule has 1 aliphatic carbocycles. The van der Waals surface area contributed by atoms with Crippen LogP contribution in [0.1, 0.15) is 30.0 Å². The molecule has 5 rings (SSSR count). The van der Waals surface area contributed by atoms with E-state index in [1.54, 1.807) is 17.7 Å². The summed E-state index contributed by atoms with van der Waals surface area (Å²) in [6.45, 7) is 0. The number of hydrogen-bond acceptors (Lipinski definition) is 5. The summed E-state index contributed by atoms with van der Waals surface area (Å²) in [5.74, 6) is 0.388. The molecular formula is C24H21N3OS2. The number of rotatable bonds is 5. The van der Waals surface area contributed by atoms with Gasteiger partial charge in [-0.2, -0.15) is 0 Å². The summed E-state index contributed by atoms with van der Waals surface area (Å²) in [5.41, 5.74) is 4.88. The van der Waals surface area contributed by atoms with E-state index in [-0.39, 0.29) is 11.9 Å². The van der Waals surface area contributed by atoms with Gasteiger partial charge in [-0.15, -0.1) is 11.3 Å². The number of aryl methyl sites for hydroxylation is 1. The van der Waals surface area contributed by atoms with Crippen LogP contribution in [0.2, 0.25) is 0 Å². The minimum atomic E-state index is 0.0463. The molecule has 2 aromatic heterocycles. The van der Waals surface area contributed by atoms with Crippen LogP contribution in [0.3, 0.4) is 0 Å². The lowest BCUT2D eigenvalue weighted by Crippen LogP contribution is -2.32. The minimum absolute atomic E-state index is 0.0463. The fourth-order valence-electron chi connectivity index (χ4n) is 4.06. The Bertz CT molecular complexity index is 1190. The van der Waals surface area contributed by atoms with Gasteiger partial charge in [0.05, 0.1) is 17.2 Å². The van der Waals surface area contributed by atoms with Gasteiger partial charge in [0.15, 0.2) is 0 Å². The zero-order chi connectivity index (χ0) is 20.3. The molecule has 6 heteroatoms. The van der Waals surface area contributed by atoms with Crippen molar-refractivity contribution in [2.24, 2.45) is 0 Å². The maximum absolute atomic E-state index is 12.8. The fourth-order valence-corrected chi connectivity index (χ4v) is 5.87. The molecule has 0 fully saturated rings. The smallest absolute Gasteiger partial charge is 0.230 e. The van der Waals surface area contributed by atoms with Gasteiger partial charge in [-0.1, -0.05) is 66.4 Å². The maximum atomic E-state index is 12.8. The third-order valence-corrected chi connectivity index (χ3v) is 7.34. The van der Waals surface area contributed by atoms with E-state index >= 15 is 0 Å². The number of fused-ring (bicyclic) bond motifs is 2. The molecule has 150 valence electrons. The van der Waals surface area contributed by atoms with E-state index in [1.807, 2.05) is 18.2 Å². The second-order valence-corrected chi connectivity index (χ2v) is 9.20. The third-order valence-electron chi connectivity index (χ3n) is 5.46. The van der Waals surface area contributed by atoms with Crippen LogP contribution in [-0.2, 0) is 11.2 Å². The first-order valence-corrected chi connectivity index (χ1v) is 11.9. The summed E-state index contributed by atoms with van der Waals surface area (Å²) in [5, 5.41) is 7.25. The average molecular weight is 432 g/mol. The Morgan fingerprint density at radius 2 is 1.93 bits per heavy atom. The molecular weight excluding hydrogens is 410 g/mol. The van der Waals surface area contributed by atoms with E-state index in [2.05, 4.69) is 57.1 Å². The number of nitrogens with zero attached hydrogens (tertiary/aromatic N) is 2. The van der Waals surface area contributed by atoms with Crippen LogP contribution in [0, 0.1) is 0 Å². The molecule has 4 aromatic rings. The predicted octanol–water partition coefficient (Wildman–Crippen LogP) is 5.64. The highest BCUT2D eigenvalue weighted by atomic mass is 32.2. The van der Waals surface area contributed by atoms with Crippen LogP contribution in [0.15, 0.2) is 71.3 Å². The van der Waals surface area contributed by atoms with Crippen molar-refractivity contribution in [3.05, 3.63) is 77.4 Å². The van der Waals surface area contributed by atoms with Gasteiger partial charge in [-0.3, -0.25) is 4.79 Å². The van der Waals surface area contributed by atoms with Crippen LogP contribution in [-0.4, -0.2) is 21.6 Å². The van der Waals surface area contributed by atoms with E-state index in [0.717, 1.165) is 45.6 Å². The quantitative estimate of drug-likeness (QED) is 0.328. The van der Waals surface area contributed by atoms with Gasteiger partial charge >= 0.3 is 0 Å². The largest absolute Gasteiger partial charge is 0.349 e. The normalized spacial score (nSPS) is 15.7. The van der Waals surface area contributed by atoms with E-state index < -0.39 is 0 Å². The van der Waals surface area contributed by atoms with Gasteiger partial charge in [0.25, 0.3) is 0 Å². The summed E-state index contributed by atoms with van der Waals surface area (Å²) in [6.07, 6.45) is 4.78. The first-order valence-electron chi connectivity index (χ1n) is 10.1. The molecule has 1 atom stereocenters. The highest BCUT2D eigenvalue weighted by molar-refractivity contribution is 8.00. The van der Waals surface area contributed by atoms with Crippen molar-refractivity contribution in [2.75, 3.05) is 5.75 Å². The Hall–Kier alpha value is -2.70. The molecule has 30 heavy (non-hydrogen) atoms. The first-order chi connectivity index (χ1) is 14.8. The first kappa shape index (κ1) is 19.3. The van der Waals surface area contributed by atoms with Crippen molar-refractivity contribution < 1.29 is 4.79 Å². The minimum Gasteiger partial charge on any atom is -0.349 e. The van der Waals surface area contributed by atoms with Gasteiger partial charge in [0.2, 0.25) is 5.91 Å². The van der Waals surface area contributed by atoms with Gasteiger partial charge in [0.1, 0.15) is 16.2 Å². The zero-order valence-corrected chi connectivity index (χ0v) is 18.0. The van der Waals surface area contributed by atoms with Crippen molar-refractivity contribution >= 4 is 39.2 Å². The molecule has 2 aromatic carbocycles. The number of amides is 1. The van der Waals surface area contributed by atoms with Gasteiger partial charge < -0.3 is 5.32 Å². The number of benzene rings is 2. The Morgan fingerprint density at radius 3 is 2.83 bits per heavy atom. The summed E-state index contributed by atoms with van der Waals surface area (Å²) in [6, 6.07) is 18.8. The number of thioether (sulfide) groups is 1. The van der Waals surface area contributed by atoms with Gasteiger partial charge in [0, 0.05) is 10.9 Å². The molecule has 0 saturated carbocycles. The summed E-state index contributed by atoms with van der Waals surface area (Å²) < 4.78 is 0. The predicted molar refractivity (Wildman–Crippen MR) is 124 cm³/mol. The standard InChI is InChI=1S/C24H21N3OS2/c28-21(27-20-12-6-10-16-9-4-5-11-18(16)20)14-30-24-22-19(17-7-2-1-3-8-17)13-29-23(22)25-15-26-24/h1-5,7-9,11,13,15,20H,6,10,12,14H2,(H,27,28). The van der Waals surface area contributed by atoms with Crippen molar-refractivity contribution in [3.8, 4) is 11.1 Å². The molecule has 1 amide bonds. The molecule has 0 aliphatic heterocycles. The van der Waals surface area contributed by atoms with Crippen LogP contribution in [0.25, 0.3) is 21.3 Å². The summed E-state index contributed by atoms with van der Waals surface area (Å²) in [4.78, 5) is 22.6. The molecule has 0 bridgehead atoms. The number of hydrogen-bond donors (Lipinski definition) is 1. The Balaban J connectivity index is 1.34. The Morgan fingerprint density at radius 1 is 1.10 bits per heavy atom. The van der Waals surface area contributed by atoms with E-state index in [1.165, 1.54) is 22.9 Å². The molecule has 1 N–H and O–H groups in total.